The highest BCUT2D eigenvalue weighted by molar-refractivity contribution is 6.02. The van der Waals surface area contributed by atoms with Crippen molar-refractivity contribution in [1.29, 1.82) is 0 Å². The van der Waals surface area contributed by atoms with Crippen molar-refractivity contribution in [1.82, 2.24) is 14.5 Å². The molecule has 0 atom stereocenters. The van der Waals surface area contributed by atoms with Gasteiger partial charge in [0.25, 0.3) is 5.91 Å². The third-order valence-corrected chi connectivity index (χ3v) is 2.25. The molecule has 0 fully saturated rings. The number of carbonyl (C=O) groups is 1. The molecule has 2 aromatic rings. The second-order valence-corrected chi connectivity index (χ2v) is 3.77. The van der Waals surface area contributed by atoms with Gasteiger partial charge in [-0.2, -0.15) is 0 Å². The van der Waals surface area contributed by atoms with Gasteiger partial charge in [0.1, 0.15) is 18.1 Å². The third-order valence-electron chi connectivity index (χ3n) is 2.25. The Morgan fingerprint density at radius 3 is 3.05 bits per heavy atom. The summed E-state index contributed by atoms with van der Waals surface area (Å²) in [6.45, 7) is -0.210. The Kier molecular flexibility index (Phi) is 3.90. The van der Waals surface area contributed by atoms with Gasteiger partial charge in [-0.15, -0.1) is 0 Å². The molecule has 0 unspecified atom stereocenters. The molecule has 0 spiro atoms. The Morgan fingerprint density at radius 2 is 2.37 bits per heavy atom. The molecule has 6 nitrogen and oxygen atoms in total. The van der Waals surface area contributed by atoms with Crippen molar-refractivity contribution in [2.45, 2.75) is 0 Å². The first-order valence-corrected chi connectivity index (χ1v) is 5.54. The van der Waals surface area contributed by atoms with Gasteiger partial charge in [-0.05, 0) is 12.1 Å². The molecule has 6 heteroatoms. The van der Waals surface area contributed by atoms with Crippen molar-refractivity contribution in [3.05, 3.63) is 42.1 Å². The van der Waals surface area contributed by atoms with Gasteiger partial charge in [0, 0.05) is 25.0 Å². The SMILES string of the molecule is Cn1cnc(C(=O)Nc2cc(C#CCO)ccn2)c1. The van der Waals surface area contributed by atoms with Crippen LogP contribution in [0.2, 0.25) is 0 Å². The van der Waals surface area contributed by atoms with Crippen molar-refractivity contribution in [3.63, 3.8) is 0 Å². The summed E-state index contributed by atoms with van der Waals surface area (Å²) in [7, 11) is 1.78. The van der Waals surface area contributed by atoms with Crippen LogP contribution in [0, 0.1) is 11.8 Å². The zero-order valence-corrected chi connectivity index (χ0v) is 10.3. The quantitative estimate of drug-likeness (QED) is 0.763. The number of imidazole rings is 1. The minimum Gasteiger partial charge on any atom is -0.384 e. The van der Waals surface area contributed by atoms with Gasteiger partial charge in [-0.3, -0.25) is 4.79 Å². The molecule has 19 heavy (non-hydrogen) atoms. The first-order valence-electron chi connectivity index (χ1n) is 5.54. The van der Waals surface area contributed by atoms with Crippen LogP contribution in [-0.2, 0) is 7.05 Å². The van der Waals surface area contributed by atoms with E-state index in [1.54, 1.807) is 36.3 Å². The maximum atomic E-state index is 11.8. The molecule has 0 radical (unpaired) electrons. The average molecular weight is 256 g/mol. The van der Waals surface area contributed by atoms with E-state index in [-0.39, 0.29) is 12.5 Å². The smallest absolute Gasteiger partial charge is 0.276 e. The summed E-state index contributed by atoms with van der Waals surface area (Å²) in [6.07, 6.45) is 4.70. The Hall–Kier alpha value is -2.65. The van der Waals surface area contributed by atoms with E-state index in [2.05, 4.69) is 27.1 Å². The molecule has 2 N–H and O–H groups in total. The second kappa shape index (κ2) is 5.80. The lowest BCUT2D eigenvalue weighted by molar-refractivity contribution is 0.102. The van der Waals surface area contributed by atoms with Crippen LogP contribution >= 0.6 is 0 Å². The van der Waals surface area contributed by atoms with Crippen molar-refractivity contribution < 1.29 is 9.90 Å². The highest BCUT2D eigenvalue weighted by Crippen LogP contribution is 2.07. The number of nitrogens with one attached hydrogen (secondary N) is 1. The number of hydrogen-bond donors (Lipinski definition) is 2. The maximum Gasteiger partial charge on any atom is 0.276 e. The number of pyridine rings is 1. The van der Waals surface area contributed by atoms with Gasteiger partial charge >= 0.3 is 0 Å². The Labute approximate surface area is 110 Å². The van der Waals surface area contributed by atoms with Crippen LogP contribution in [0.4, 0.5) is 5.82 Å². The molecule has 0 saturated heterocycles. The molecule has 0 bridgehead atoms. The van der Waals surface area contributed by atoms with Crippen LogP contribution < -0.4 is 5.32 Å². The third kappa shape index (κ3) is 3.40. The number of aromatic nitrogens is 3. The fourth-order valence-electron chi connectivity index (χ4n) is 1.43. The number of rotatable bonds is 2. The predicted octanol–water partition coefficient (Wildman–Crippen LogP) is 0.411. The van der Waals surface area contributed by atoms with Crippen molar-refractivity contribution >= 4 is 11.7 Å². The molecule has 0 aliphatic heterocycles. The highest BCUT2D eigenvalue weighted by atomic mass is 16.2. The number of anilines is 1. The summed E-state index contributed by atoms with van der Waals surface area (Å²) >= 11 is 0. The topological polar surface area (TPSA) is 80.0 Å². The normalized spacial score (nSPS) is 9.58. The van der Waals surface area contributed by atoms with E-state index in [1.165, 1.54) is 6.20 Å². The summed E-state index contributed by atoms with van der Waals surface area (Å²) in [6, 6.07) is 3.32. The largest absolute Gasteiger partial charge is 0.384 e. The Bertz CT molecular complexity index is 652. The van der Waals surface area contributed by atoms with Crippen LogP contribution in [0.25, 0.3) is 0 Å². The molecular weight excluding hydrogens is 244 g/mol. The number of aliphatic hydroxyl groups excluding tert-OH is 1. The summed E-state index contributed by atoms with van der Waals surface area (Å²) in [5, 5.41) is 11.3. The number of carbonyl (C=O) groups excluding carboxylic acids is 1. The summed E-state index contributed by atoms with van der Waals surface area (Å²) in [5.74, 6) is 5.33. The minimum atomic E-state index is -0.333. The minimum absolute atomic E-state index is 0.210. The van der Waals surface area contributed by atoms with E-state index < -0.39 is 0 Å². The molecule has 0 aromatic carbocycles. The van der Waals surface area contributed by atoms with E-state index in [4.69, 9.17) is 5.11 Å². The average Bonchev–Trinajstić information content (AvgIpc) is 2.83. The molecule has 2 aromatic heterocycles. The monoisotopic (exact) mass is 256 g/mol. The van der Waals surface area contributed by atoms with Crippen LogP contribution in [0.15, 0.2) is 30.9 Å². The zero-order chi connectivity index (χ0) is 13.7. The van der Waals surface area contributed by atoms with Crippen molar-refractivity contribution in [2.24, 2.45) is 7.05 Å². The second-order valence-electron chi connectivity index (χ2n) is 3.77. The van der Waals surface area contributed by atoms with Crippen molar-refractivity contribution in [2.75, 3.05) is 11.9 Å². The first-order chi connectivity index (χ1) is 9.19. The Balaban J connectivity index is 2.13. The standard InChI is InChI=1S/C13H12N4O2/c1-17-8-11(15-9-17)13(19)16-12-7-10(3-2-6-18)4-5-14-12/h4-5,7-9,18H,6H2,1H3,(H,14,16,19). The predicted molar refractivity (Wildman–Crippen MR) is 69.4 cm³/mol. The van der Waals surface area contributed by atoms with Crippen LogP contribution in [0.5, 0.6) is 0 Å². The number of hydrogen-bond acceptors (Lipinski definition) is 4. The Morgan fingerprint density at radius 1 is 1.53 bits per heavy atom. The molecular formula is C13H12N4O2. The number of aryl methyl sites for hydroxylation is 1. The van der Waals surface area contributed by atoms with Gasteiger partial charge in [-0.1, -0.05) is 11.8 Å². The fourth-order valence-corrected chi connectivity index (χ4v) is 1.43. The van der Waals surface area contributed by atoms with Crippen molar-refractivity contribution in [3.8, 4) is 11.8 Å². The van der Waals surface area contributed by atoms with E-state index in [0.717, 1.165) is 0 Å². The molecule has 1 amide bonds. The van der Waals surface area contributed by atoms with Gasteiger partial charge in [0.15, 0.2) is 0 Å². The number of amides is 1. The van der Waals surface area contributed by atoms with Gasteiger partial charge in [-0.25, -0.2) is 9.97 Å². The van der Waals surface area contributed by atoms with Gasteiger partial charge in [0.05, 0.1) is 6.33 Å². The highest BCUT2D eigenvalue weighted by Gasteiger charge is 2.09. The number of nitrogens with zero attached hydrogens (tertiary/aromatic N) is 3. The summed E-state index contributed by atoms with van der Waals surface area (Å²) < 4.78 is 1.69. The fraction of sp³-hybridized carbons (Fsp3) is 0.154. The lowest BCUT2D eigenvalue weighted by atomic mass is 10.2. The lowest BCUT2D eigenvalue weighted by Gasteiger charge is -2.02. The summed E-state index contributed by atoms with van der Waals surface area (Å²) in [5.41, 5.74) is 0.983. The molecule has 2 heterocycles. The molecule has 0 saturated carbocycles. The van der Waals surface area contributed by atoms with Crippen LogP contribution in [-0.4, -0.2) is 32.2 Å². The molecule has 2 rings (SSSR count). The molecule has 0 aliphatic carbocycles. The van der Waals surface area contributed by atoms with E-state index in [1.807, 2.05) is 0 Å². The van der Waals surface area contributed by atoms with Gasteiger partial charge in [0.2, 0.25) is 0 Å². The number of aliphatic hydroxyl groups is 1. The van der Waals surface area contributed by atoms with Crippen LogP contribution in [0.1, 0.15) is 16.1 Å². The van der Waals surface area contributed by atoms with E-state index in [9.17, 15) is 4.79 Å². The van der Waals surface area contributed by atoms with Gasteiger partial charge < -0.3 is 15.0 Å². The first kappa shape index (κ1) is 12.8. The maximum absolute atomic E-state index is 11.8. The molecule has 0 aliphatic rings. The van der Waals surface area contributed by atoms with Crippen LogP contribution in [0.3, 0.4) is 0 Å². The zero-order valence-electron chi connectivity index (χ0n) is 10.3. The van der Waals surface area contributed by atoms with E-state index in [0.29, 0.717) is 17.1 Å². The summed E-state index contributed by atoms with van der Waals surface area (Å²) in [4.78, 5) is 19.8. The lowest BCUT2D eigenvalue weighted by Crippen LogP contribution is -2.13. The molecule has 96 valence electrons. The van der Waals surface area contributed by atoms with E-state index >= 15 is 0 Å².